The number of hydrogen-bond donors (Lipinski definition) is 2. The molecule has 3 heteroatoms. The Morgan fingerprint density at radius 2 is 2.44 bits per heavy atom. The number of terminal acetylenes is 1. The van der Waals surface area contributed by atoms with E-state index in [1.807, 2.05) is 6.92 Å². The molecule has 2 N–H and O–H groups in total. The van der Waals surface area contributed by atoms with Crippen molar-refractivity contribution in [3.05, 3.63) is 0 Å². The lowest BCUT2D eigenvalue weighted by molar-refractivity contribution is -0.121. The molecule has 0 saturated carbocycles. The van der Waals surface area contributed by atoms with Crippen LogP contribution in [-0.2, 0) is 4.79 Å². The Morgan fingerprint density at radius 1 is 1.62 bits per heavy atom. The van der Waals surface area contributed by atoms with E-state index in [4.69, 9.17) is 6.42 Å². The van der Waals surface area contributed by atoms with Gasteiger partial charge in [0.2, 0.25) is 5.91 Å². The molecule has 0 radical (unpaired) electrons. The van der Waals surface area contributed by atoms with Gasteiger partial charge in [0.15, 0.2) is 0 Å². The number of carbonyl (C=O) groups is 1. The first-order valence-electron chi connectivity index (χ1n) is 6.25. The molecule has 1 fully saturated rings. The summed E-state index contributed by atoms with van der Waals surface area (Å²) in [6.45, 7) is 3.07. The molecule has 1 rings (SSSR count). The maximum atomic E-state index is 11.6. The third kappa shape index (κ3) is 4.67. The highest BCUT2D eigenvalue weighted by Gasteiger charge is 2.14. The van der Waals surface area contributed by atoms with Gasteiger partial charge in [0.1, 0.15) is 0 Å². The van der Waals surface area contributed by atoms with E-state index in [0.29, 0.717) is 12.5 Å². The van der Waals surface area contributed by atoms with Crippen LogP contribution in [0.2, 0.25) is 0 Å². The summed E-state index contributed by atoms with van der Waals surface area (Å²) in [6, 6.07) is 0.414. The molecule has 3 nitrogen and oxygen atoms in total. The highest BCUT2D eigenvalue weighted by molar-refractivity contribution is 5.76. The first-order valence-corrected chi connectivity index (χ1v) is 6.25. The van der Waals surface area contributed by atoms with Gasteiger partial charge in [-0.1, -0.05) is 19.3 Å². The zero-order valence-corrected chi connectivity index (χ0v) is 10.1. The Balaban J connectivity index is 2.16. The van der Waals surface area contributed by atoms with Gasteiger partial charge in [-0.2, -0.15) is 0 Å². The van der Waals surface area contributed by atoms with Crippen LogP contribution in [-0.4, -0.2) is 24.5 Å². The van der Waals surface area contributed by atoms with E-state index in [0.717, 1.165) is 19.4 Å². The van der Waals surface area contributed by atoms with E-state index in [1.165, 1.54) is 19.3 Å². The minimum atomic E-state index is -0.105. The lowest BCUT2D eigenvalue weighted by atomic mass is 10.0. The molecule has 0 spiro atoms. The third-order valence-corrected chi connectivity index (χ3v) is 3.08. The van der Waals surface area contributed by atoms with Gasteiger partial charge in [-0.05, 0) is 32.2 Å². The fourth-order valence-electron chi connectivity index (χ4n) is 2.00. The van der Waals surface area contributed by atoms with Gasteiger partial charge in [0.25, 0.3) is 0 Å². The smallest absolute Gasteiger partial charge is 0.221 e. The third-order valence-electron chi connectivity index (χ3n) is 3.08. The monoisotopic (exact) mass is 222 g/mol. The minimum Gasteiger partial charge on any atom is -0.342 e. The highest BCUT2D eigenvalue weighted by Crippen LogP contribution is 2.11. The van der Waals surface area contributed by atoms with Crippen molar-refractivity contribution in [2.24, 2.45) is 0 Å². The molecule has 2 unspecified atom stereocenters. The largest absolute Gasteiger partial charge is 0.342 e. The second-order valence-electron chi connectivity index (χ2n) is 4.38. The Hall–Kier alpha value is -1.01. The number of rotatable bonds is 5. The average Bonchev–Trinajstić information content (AvgIpc) is 2.34. The normalized spacial score (nSPS) is 22.1. The fraction of sp³-hybridized carbons (Fsp3) is 0.769. The van der Waals surface area contributed by atoms with E-state index in [-0.39, 0.29) is 11.9 Å². The van der Waals surface area contributed by atoms with Gasteiger partial charge in [0, 0.05) is 12.5 Å². The van der Waals surface area contributed by atoms with Gasteiger partial charge >= 0.3 is 0 Å². The van der Waals surface area contributed by atoms with Gasteiger partial charge in [-0.15, -0.1) is 6.42 Å². The van der Waals surface area contributed by atoms with Crippen LogP contribution in [0.15, 0.2) is 0 Å². The first kappa shape index (κ1) is 13.1. The van der Waals surface area contributed by atoms with Crippen molar-refractivity contribution in [2.75, 3.05) is 6.54 Å². The molecule has 0 aromatic carbocycles. The van der Waals surface area contributed by atoms with Crippen LogP contribution in [0, 0.1) is 12.3 Å². The summed E-state index contributed by atoms with van der Waals surface area (Å²) in [5.41, 5.74) is 0. The second-order valence-corrected chi connectivity index (χ2v) is 4.38. The zero-order valence-electron chi connectivity index (χ0n) is 10.1. The fourth-order valence-corrected chi connectivity index (χ4v) is 2.00. The van der Waals surface area contributed by atoms with Crippen molar-refractivity contribution >= 4 is 5.91 Å². The van der Waals surface area contributed by atoms with E-state index in [2.05, 4.69) is 16.6 Å². The first-order chi connectivity index (χ1) is 7.76. The summed E-state index contributed by atoms with van der Waals surface area (Å²) >= 11 is 0. The summed E-state index contributed by atoms with van der Waals surface area (Å²) in [6.07, 6.45) is 11.3. The van der Waals surface area contributed by atoms with Crippen molar-refractivity contribution in [2.45, 2.75) is 57.5 Å². The van der Waals surface area contributed by atoms with Gasteiger partial charge < -0.3 is 10.6 Å². The molecular formula is C13H22N2O. The maximum absolute atomic E-state index is 11.6. The molecule has 0 aliphatic carbocycles. The summed E-state index contributed by atoms with van der Waals surface area (Å²) in [4.78, 5) is 11.6. The SMILES string of the molecule is C#CC(CC)NC(=O)CCC1CCCCN1. The number of nitrogens with one attached hydrogen (secondary N) is 2. The molecule has 0 bridgehead atoms. The Labute approximate surface area is 98.4 Å². The van der Waals surface area contributed by atoms with E-state index in [9.17, 15) is 4.79 Å². The lowest BCUT2D eigenvalue weighted by Crippen LogP contribution is -2.37. The summed E-state index contributed by atoms with van der Waals surface area (Å²) < 4.78 is 0. The predicted octanol–water partition coefficient (Wildman–Crippen LogP) is 1.44. The van der Waals surface area contributed by atoms with Gasteiger partial charge in [0.05, 0.1) is 6.04 Å². The number of carbonyl (C=O) groups excluding carboxylic acids is 1. The standard InChI is InChI=1S/C13H22N2O/c1-3-11(4-2)15-13(16)9-8-12-7-5-6-10-14-12/h1,11-12,14H,4-10H2,2H3,(H,15,16). The Kier molecular flexibility index (Phi) is 5.95. The van der Waals surface area contributed by atoms with Crippen molar-refractivity contribution in [1.29, 1.82) is 0 Å². The van der Waals surface area contributed by atoms with Crippen LogP contribution in [0.4, 0.5) is 0 Å². The average molecular weight is 222 g/mol. The molecule has 1 amide bonds. The maximum Gasteiger partial charge on any atom is 0.221 e. The molecule has 1 saturated heterocycles. The highest BCUT2D eigenvalue weighted by atomic mass is 16.1. The summed E-state index contributed by atoms with van der Waals surface area (Å²) in [5, 5.41) is 6.29. The van der Waals surface area contributed by atoms with Crippen LogP contribution in [0.25, 0.3) is 0 Å². The van der Waals surface area contributed by atoms with Crippen LogP contribution in [0.3, 0.4) is 0 Å². The molecule has 1 heterocycles. The molecule has 0 aromatic rings. The van der Waals surface area contributed by atoms with Crippen molar-refractivity contribution in [3.63, 3.8) is 0 Å². The van der Waals surface area contributed by atoms with Crippen LogP contribution in [0.5, 0.6) is 0 Å². The lowest BCUT2D eigenvalue weighted by Gasteiger charge is -2.23. The minimum absolute atomic E-state index is 0.0807. The molecule has 90 valence electrons. The molecule has 0 aromatic heterocycles. The number of piperidine rings is 1. The van der Waals surface area contributed by atoms with Crippen LogP contribution >= 0.6 is 0 Å². The molecule has 2 atom stereocenters. The van der Waals surface area contributed by atoms with E-state index < -0.39 is 0 Å². The molecule has 1 aliphatic rings. The zero-order chi connectivity index (χ0) is 11.8. The van der Waals surface area contributed by atoms with Crippen molar-refractivity contribution in [3.8, 4) is 12.3 Å². The number of hydrogen-bond acceptors (Lipinski definition) is 2. The number of amides is 1. The molecule has 1 aliphatic heterocycles. The van der Waals surface area contributed by atoms with Crippen LogP contribution in [0.1, 0.15) is 45.4 Å². The second kappa shape index (κ2) is 7.29. The Morgan fingerprint density at radius 3 is 3.00 bits per heavy atom. The Bertz CT molecular complexity index is 251. The van der Waals surface area contributed by atoms with E-state index >= 15 is 0 Å². The van der Waals surface area contributed by atoms with Gasteiger partial charge in [-0.3, -0.25) is 4.79 Å². The topological polar surface area (TPSA) is 41.1 Å². The summed E-state index contributed by atoms with van der Waals surface area (Å²) in [7, 11) is 0. The molecular weight excluding hydrogens is 200 g/mol. The molecule has 16 heavy (non-hydrogen) atoms. The van der Waals surface area contributed by atoms with Crippen molar-refractivity contribution < 1.29 is 4.79 Å². The van der Waals surface area contributed by atoms with Gasteiger partial charge in [-0.25, -0.2) is 0 Å². The summed E-state index contributed by atoms with van der Waals surface area (Å²) in [5.74, 6) is 2.65. The quantitative estimate of drug-likeness (QED) is 0.691. The predicted molar refractivity (Wildman–Crippen MR) is 65.9 cm³/mol. The van der Waals surface area contributed by atoms with E-state index in [1.54, 1.807) is 0 Å². The van der Waals surface area contributed by atoms with Crippen molar-refractivity contribution in [1.82, 2.24) is 10.6 Å². The van der Waals surface area contributed by atoms with Crippen LogP contribution < -0.4 is 10.6 Å².